The molecule has 108 valence electrons. The van der Waals surface area contributed by atoms with Crippen LogP contribution in [0.3, 0.4) is 0 Å². The second kappa shape index (κ2) is 6.99. The van der Waals surface area contributed by atoms with E-state index in [1.54, 1.807) is 6.07 Å². The number of carbonyl (C=O) groups excluding carboxylic acids is 1. The Morgan fingerprint density at radius 2 is 1.76 bits per heavy atom. The quantitative estimate of drug-likeness (QED) is 0.849. The molecule has 0 saturated heterocycles. The van der Waals surface area contributed by atoms with Gasteiger partial charge in [0.2, 0.25) is 0 Å². The van der Waals surface area contributed by atoms with Crippen molar-refractivity contribution in [3.05, 3.63) is 65.2 Å². The van der Waals surface area contributed by atoms with Crippen LogP contribution in [0.25, 0.3) is 0 Å². The third-order valence-electron chi connectivity index (χ3n) is 3.24. The molecule has 1 amide bonds. The fraction of sp³-hybridized carbons (Fsp3) is 0.176. The predicted octanol–water partition coefficient (Wildman–Crippen LogP) is 3.68. The monoisotopic (exact) mass is 298 g/mol. The maximum Gasteiger partial charge on any atom is 0.257 e. The van der Waals surface area contributed by atoms with Crippen LogP contribution in [0.15, 0.2) is 48.5 Å². The number of amides is 1. The normalized spacial score (nSPS) is 10.0. The highest BCUT2D eigenvalue weighted by molar-refractivity contribution is 7.80. The molecule has 0 aliphatic rings. The summed E-state index contributed by atoms with van der Waals surface area (Å²) in [5.74, 6) is -0.198. The molecule has 0 bridgehead atoms. The summed E-state index contributed by atoms with van der Waals surface area (Å²) in [5.41, 5.74) is 3.67. The van der Waals surface area contributed by atoms with Crippen molar-refractivity contribution in [1.82, 2.24) is 5.32 Å². The second-order valence-corrected chi connectivity index (χ2v) is 5.18. The molecule has 0 spiro atoms. The first-order valence-corrected chi connectivity index (χ1v) is 7.28. The largest absolute Gasteiger partial charge is 0.332 e. The van der Waals surface area contributed by atoms with Crippen molar-refractivity contribution in [2.24, 2.45) is 0 Å². The summed E-state index contributed by atoms with van der Waals surface area (Å²) in [6.07, 6.45) is 0.995. The maximum absolute atomic E-state index is 12.1. The molecule has 0 atom stereocenters. The van der Waals surface area contributed by atoms with E-state index in [4.69, 9.17) is 12.2 Å². The zero-order chi connectivity index (χ0) is 15.2. The lowest BCUT2D eigenvalue weighted by molar-refractivity contribution is 0.0977. The van der Waals surface area contributed by atoms with Crippen molar-refractivity contribution in [3.63, 3.8) is 0 Å². The van der Waals surface area contributed by atoms with E-state index in [9.17, 15) is 4.79 Å². The van der Waals surface area contributed by atoms with Crippen LogP contribution >= 0.6 is 12.2 Å². The molecule has 0 fully saturated rings. The highest BCUT2D eigenvalue weighted by atomic mass is 32.1. The third kappa shape index (κ3) is 4.13. The molecule has 0 aromatic heterocycles. The van der Waals surface area contributed by atoms with Crippen LogP contribution in [0.1, 0.15) is 28.4 Å². The van der Waals surface area contributed by atoms with Gasteiger partial charge in [-0.1, -0.05) is 37.3 Å². The SMILES string of the molecule is CCc1ccc(NC(=S)NC(=O)c2ccccc2C)cc1. The first-order valence-electron chi connectivity index (χ1n) is 6.87. The van der Waals surface area contributed by atoms with E-state index in [1.807, 2.05) is 49.4 Å². The molecule has 4 heteroatoms. The van der Waals surface area contributed by atoms with Crippen LogP contribution in [0, 0.1) is 6.92 Å². The van der Waals surface area contributed by atoms with Gasteiger partial charge in [-0.3, -0.25) is 10.1 Å². The topological polar surface area (TPSA) is 41.1 Å². The molecule has 2 aromatic rings. The first kappa shape index (κ1) is 15.2. The number of aryl methyl sites for hydroxylation is 2. The zero-order valence-corrected chi connectivity index (χ0v) is 13.0. The number of benzene rings is 2. The van der Waals surface area contributed by atoms with Crippen LogP contribution in [0.5, 0.6) is 0 Å². The van der Waals surface area contributed by atoms with Crippen molar-refractivity contribution in [1.29, 1.82) is 0 Å². The highest BCUT2D eigenvalue weighted by Gasteiger charge is 2.09. The molecular weight excluding hydrogens is 280 g/mol. The molecule has 0 aliphatic carbocycles. The summed E-state index contributed by atoms with van der Waals surface area (Å²) in [6, 6.07) is 15.4. The third-order valence-corrected chi connectivity index (χ3v) is 3.44. The molecule has 2 aromatic carbocycles. The molecule has 0 aliphatic heterocycles. The van der Waals surface area contributed by atoms with Gasteiger partial charge >= 0.3 is 0 Å². The van der Waals surface area contributed by atoms with Crippen LogP contribution in [0.4, 0.5) is 5.69 Å². The van der Waals surface area contributed by atoms with Crippen molar-refractivity contribution in [3.8, 4) is 0 Å². The van der Waals surface area contributed by atoms with E-state index >= 15 is 0 Å². The Balaban J connectivity index is 1.98. The Labute approximate surface area is 130 Å². The first-order chi connectivity index (χ1) is 10.1. The summed E-state index contributed by atoms with van der Waals surface area (Å²) in [7, 11) is 0. The Kier molecular flexibility index (Phi) is 5.06. The number of hydrogen-bond acceptors (Lipinski definition) is 2. The second-order valence-electron chi connectivity index (χ2n) is 4.77. The van der Waals surface area contributed by atoms with Crippen LogP contribution in [0.2, 0.25) is 0 Å². The standard InChI is InChI=1S/C17H18N2OS/c1-3-13-8-10-14(11-9-13)18-17(21)19-16(20)15-7-5-4-6-12(15)2/h4-11H,3H2,1-2H3,(H2,18,19,20,21). The van der Waals surface area contributed by atoms with Crippen molar-refractivity contribution in [2.75, 3.05) is 5.32 Å². The molecule has 0 unspecified atom stereocenters. The number of rotatable bonds is 3. The average Bonchev–Trinajstić information content (AvgIpc) is 2.48. The molecule has 3 nitrogen and oxygen atoms in total. The van der Waals surface area contributed by atoms with Crippen molar-refractivity contribution >= 4 is 28.9 Å². The summed E-state index contributed by atoms with van der Waals surface area (Å²) < 4.78 is 0. The Hall–Kier alpha value is -2.20. The van der Waals surface area contributed by atoms with Gasteiger partial charge in [0.1, 0.15) is 0 Å². The summed E-state index contributed by atoms with van der Waals surface area (Å²) in [6.45, 7) is 4.00. The fourth-order valence-electron chi connectivity index (χ4n) is 1.98. The van der Waals surface area contributed by atoms with E-state index in [1.165, 1.54) is 5.56 Å². The molecule has 0 radical (unpaired) electrons. The molecular formula is C17H18N2OS. The van der Waals surface area contributed by atoms with Gasteiger partial charge in [-0.05, 0) is 54.9 Å². The zero-order valence-electron chi connectivity index (χ0n) is 12.1. The number of hydrogen-bond donors (Lipinski definition) is 2. The minimum atomic E-state index is -0.198. The van der Waals surface area contributed by atoms with Crippen molar-refractivity contribution in [2.45, 2.75) is 20.3 Å². The van der Waals surface area contributed by atoms with Crippen LogP contribution < -0.4 is 10.6 Å². The lowest BCUT2D eigenvalue weighted by Crippen LogP contribution is -2.34. The van der Waals surface area contributed by atoms with Gasteiger partial charge in [-0.15, -0.1) is 0 Å². The van der Waals surface area contributed by atoms with Gasteiger partial charge in [0.15, 0.2) is 5.11 Å². The van der Waals surface area contributed by atoms with Gasteiger partial charge < -0.3 is 5.32 Å². The molecule has 2 N–H and O–H groups in total. The van der Waals surface area contributed by atoms with E-state index in [2.05, 4.69) is 17.6 Å². The number of anilines is 1. The maximum atomic E-state index is 12.1. The molecule has 2 rings (SSSR count). The van der Waals surface area contributed by atoms with Crippen LogP contribution in [-0.2, 0) is 6.42 Å². The van der Waals surface area contributed by atoms with Gasteiger partial charge in [0, 0.05) is 11.3 Å². The molecule has 0 saturated carbocycles. The lowest BCUT2D eigenvalue weighted by Gasteiger charge is -2.11. The van der Waals surface area contributed by atoms with E-state index in [-0.39, 0.29) is 5.91 Å². The van der Waals surface area contributed by atoms with Gasteiger partial charge in [-0.25, -0.2) is 0 Å². The number of carbonyl (C=O) groups is 1. The van der Waals surface area contributed by atoms with Gasteiger partial charge in [0.05, 0.1) is 0 Å². The highest BCUT2D eigenvalue weighted by Crippen LogP contribution is 2.10. The Morgan fingerprint density at radius 1 is 1.10 bits per heavy atom. The smallest absolute Gasteiger partial charge is 0.257 e. The fourth-order valence-corrected chi connectivity index (χ4v) is 2.19. The summed E-state index contributed by atoms with van der Waals surface area (Å²) >= 11 is 5.17. The predicted molar refractivity (Wildman–Crippen MR) is 90.7 cm³/mol. The average molecular weight is 298 g/mol. The van der Waals surface area contributed by atoms with E-state index in [0.29, 0.717) is 10.7 Å². The Bertz CT molecular complexity index is 650. The van der Waals surface area contributed by atoms with E-state index < -0.39 is 0 Å². The number of nitrogens with one attached hydrogen (secondary N) is 2. The van der Waals surface area contributed by atoms with Gasteiger partial charge in [0.25, 0.3) is 5.91 Å². The summed E-state index contributed by atoms with van der Waals surface area (Å²) in [5, 5.41) is 6.01. The lowest BCUT2D eigenvalue weighted by atomic mass is 10.1. The summed E-state index contributed by atoms with van der Waals surface area (Å²) in [4.78, 5) is 12.1. The minimum absolute atomic E-state index is 0.198. The van der Waals surface area contributed by atoms with Gasteiger partial charge in [-0.2, -0.15) is 0 Å². The van der Waals surface area contributed by atoms with Crippen LogP contribution in [-0.4, -0.2) is 11.0 Å². The minimum Gasteiger partial charge on any atom is -0.332 e. The number of thiocarbonyl (C=S) groups is 1. The molecule has 21 heavy (non-hydrogen) atoms. The molecule has 0 heterocycles. The van der Waals surface area contributed by atoms with E-state index in [0.717, 1.165) is 17.7 Å². The Morgan fingerprint density at radius 3 is 2.38 bits per heavy atom. The van der Waals surface area contributed by atoms with Crippen molar-refractivity contribution < 1.29 is 4.79 Å².